The molecule has 3 aromatic rings. The van der Waals surface area contributed by atoms with Crippen LogP contribution in [0.3, 0.4) is 0 Å². The Bertz CT molecular complexity index is 1430. The number of carbonyl (C=O) groups is 3. The highest BCUT2D eigenvalue weighted by Crippen LogP contribution is 2.35. The Morgan fingerprint density at radius 2 is 1.78 bits per heavy atom. The van der Waals surface area contributed by atoms with Crippen molar-refractivity contribution in [3.8, 4) is 0 Å². The molecule has 0 radical (unpaired) electrons. The van der Waals surface area contributed by atoms with Crippen LogP contribution in [0.15, 0.2) is 25.8 Å². The largest absolute Gasteiger partial charge is 0.481 e. The van der Waals surface area contributed by atoms with E-state index in [1.165, 1.54) is 5.56 Å². The van der Waals surface area contributed by atoms with Crippen molar-refractivity contribution in [1.29, 1.82) is 0 Å². The first-order chi connectivity index (χ1) is 17.8. The zero-order valence-corrected chi connectivity index (χ0v) is 21.1. The molecule has 0 atom stereocenters. The molecule has 2 aliphatic rings. The highest BCUT2D eigenvalue weighted by molar-refractivity contribution is 5.97. The fraction of sp³-hybridized carbons (Fsp3) is 0.500. The van der Waals surface area contributed by atoms with Crippen LogP contribution in [0.25, 0.3) is 21.9 Å². The number of benzene rings is 1. The zero-order valence-electron chi connectivity index (χ0n) is 21.1. The van der Waals surface area contributed by atoms with Crippen molar-refractivity contribution >= 4 is 39.7 Å². The van der Waals surface area contributed by atoms with E-state index in [0.29, 0.717) is 50.0 Å². The van der Waals surface area contributed by atoms with E-state index in [-0.39, 0.29) is 30.6 Å². The molecule has 0 spiro atoms. The summed E-state index contributed by atoms with van der Waals surface area (Å²) in [6, 6.07) is 3.83. The van der Waals surface area contributed by atoms with Crippen LogP contribution in [0.5, 0.6) is 0 Å². The number of aliphatic carboxylic acids is 1. The van der Waals surface area contributed by atoms with Crippen molar-refractivity contribution in [3.63, 3.8) is 0 Å². The van der Waals surface area contributed by atoms with Gasteiger partial charge in [-0.3, -0.25) is 14.4 Å². The molecule has 9 heteroatoms. The fourth-order valence-electron chi connectivity index (χ4n) is 5.60. The number of piperidine rings is 1. The average Bonchev–Trinajstić information content (AvgIpc) is 3.25. The Morgan fingerprint density at radius 3 is 2.54 bits per heavy atom. The maximum Gasteiger partial charge on any atom is 0.340 e. The van der Waals surface area contributed by atoms with Gasteiger partial charge in [-0.1, -0.05) is 0 Å². The quantitative estimate of drug-likeness (QED) is 0.369. The van der Waals surface area contributed by atoms with Gasteiger partial charge in [-0.15, -0.1) is 0 Å². The zero-order chi connectivity index (χ0) is 26.1. The highest BCUT2D eigenvalue weighted by atomic mass is 16.4. The third-order valence-electron chi connectivity index (χ3n) is 7.78. The molecule has 196 valence electrons. The Hall–Kier alpha value is -3.62. The second-order valence-corrected chi connectivity index (χ2v) is 10.2. The topological polar surface area (TPSA) is 130 Å². The summed E-state index contributed by atoms with van der Waals surface area (Å²) in [7, 11) is 0. The van der Waals surface area contributed by atoms with Gasteiger partial charge >= 0.3 is 11.6 Å². The molecule has 3 heterocycles. The summed E-state index contributed by atoms with van der Waals surface area (Å²) < 4.78 is 11.7. The number of nitrogens with one attached hydrogen (secondary N) is 1. The second kappa shape index (κ2) is 10.4. The molecule has 9 nitrogen and oxygen atoms in total. The molecule has 1 saturated heterocycles. The predicted octanol–water partition coefficient (Wildman–Crippen LogP) is 3.49. The molecular weight excluding hydrogens is 476 g/mol. The van der Waals surface area contributed by atoms with Crippen molar-refractivity contribution in [2.24, 2.45) is 5.92 Å². The minimum Gasteiger partial charge on any atom is -0.481 e. The number of nitrogens with zero attached hydrogens (tertiary/aromatic N) is 1. The van der Waals surface area contributed by atoms with Crippen LogP contribution in [0, 0.1) is 12.8 Å². The number of fused-ring (bicyclic) bond motifs is 4. The van der Waals surface area contributed by atoms with Gasteiger partial charge in [-0.25, -0.2) is 4.79 Å². The van der Waals surface area contributed by atoms with Gasteiger partial charge in [0.2, 0.25) is 11.8 Å². The van der Waals surface area contributed by atoms with E-state index < -0.39 is 11.6 Å². The second-order valence-electron chi connectivity index (χ2n) is 10.2. The Morgan fingerprint density at radius 1 is 1.05 bits per heavy atom. The van der Waals surface area contributed by atoms with Gasteiger partial charge in [0.25, 0.3) is 0 Å². The number of hydrogen-bond donors (Lipinski definition) is 2. The minimum absolute atomic E-state index is 0.0184. The number of furan rings is 1. The molecule has 0 bridgehead atoms. The first-order valence-electron chi connectivity index (χ1n) is 13.1. The van der Waals surface area contributed by atoms with Gasteiger partial charge in [0.05, 0.1) is 12.0 Å². The van der Waals surface area contributed by atoms with Crippen molar-refractivity contribution < 1.29 is 28.3 Å². The van der Waals surface area contributed by atoms with Gasteiger partial charge in [0.15, 0.2) is 0 Å². The van der Waals surface area contributed by atoms with E-state index in [0.717, 1.165) is 53.4 Å². The van der Waals surface area contributed by atoms with Crippen LogP contribution >= 0.6 is 0 Å². The SMILES string of the molecule is Cc1c(CC(=O)N2CCC(C(=O)NCCCC(=O)O)CC2)c(=O)oc2cc3oc4c(c3cc12)CCCC4. The van der Waals surface area contributed by atoms with E-state index in [4.69, 9.17) is 13.9 Å². The lowest BCUT2D eigenvalue weighted by Gasteiger charge is -2.31. The van der Waals surface area contributed by atoms with Crippen LogP contribution < -0.4 is 10.9 Å². The molecule has 0 saturated carbocycles. The maximum atomic E-state index is 13.1. The summed E-state index contributed by atoms with van der Waals surface area (Å²) in [5.74, 6) is -0.326. The number of aryl methyl sites for hydroxylation is 3. The van der Waals surface area contributed by atoms with Crippen LogP contribution in [0.1, 0.15) is 61.0 Å². The molecule has 1 aliphatic carbocycles. The predicted molar refractivity (Wildman–Crippen MR) is 137 cm³/mol. The summed E-state index contributed by atoms with van der Waals surface area (Å²) in [4.78, 5) is 50.6. The van der Waals surface area contributed by atoms with E-state index in [1.807, 2.05) is 13.0 Å². The smallest absolute Gasteiger partial charge is 0.340 e. The molecule has 2 N–H and O–H groups in total. The van der Waals surface area contributed by atoms with Gasteiger partial charge in [-0.05, 0) is 57.1 Å². The van der Waals surface area contributed by atoms with Crippen molar-refractivity contribution in [1.82, 2.24) is 10.2 Å². The number of carbonyl (C=O) groups excluding carboxylic acids is 2. The number of hydrogen-bond acceptors (Lipinski definition) is 6. The Balaban J connectivity index is 1.26. The molecule has 5 rings (SSSR count). The third-order valence-corrected chi connectivity index (χ3v) is 7.78. The normalized spacial score (nSPS) is 16.2. The monoisotopic (exact) mass is 508 g/mol. The fourth-order valence-corrected chi connectivity index (χ4v) is 5.60. The number of rotatable bonds is 7. The molecule has 2 amide bonds. The van der Waals surface area contributed by atoms with Crippen molar-refractivity contribution in [2.45, 2.75) is 64.7 Å². The van der Waals surface area contributed by atoms with Crippen molar-refractivity contribution in [3.05, 3.63) is 45.0 Å². The first kappa shape index (κ1) is 25.0. The lowest BCUT2D eigenvalue weighted by Crippen LogP contribution is -2.44. The third kappa shape index (κ3) is 5.12. The summed E-state index contributed by atoms with van der Waals surface area (Å²) in [5, 5.41) is 13.4. The van der Waals surface area contributed by atoms with Crippen LogP contribution in [-0.2, 0) is 33.6 Å². The van der Waals surface area contributed by atoms with Crippen LogP contribution in [-0.4, -0.2) is 47.4 Å². The van der Waals surface area contributed by atoms with E-state index >= 15 is 0 Å². The minimum atomic E-state index is -0.884. The molecule has 1 fully saturated rings. The van der Waals surface area contributed by atoms with Gasteiger partial charge in [0, 0.05) is 60.8 Å². The molecular formula is C28H32N2O7. The average molecular weight is 509 g/mol. The lowest BCUT2D eigenvalue weighted by molar-refractivity contribution is -0.137. The highest BCUT2D eigenvalue weighted by Gasteiger charge is 2.28. The lowest BCUT2D eigenvalue weighted by atomic mass is 9.94. The Labute approximate surface area is 213 Å². The number of carboxylic acid groups (broad SMARTS) is 1. The number of carboxylic acids is 1. The molecule has 37 heavy (non-hydrogen) atoms. The summed E-state index contributed by atoms with van der Waals surface area (Å²) >= 11 is 0. The summed E-state index contributed by atoms with van der Waals surface area (Å²) in [6.45, 7) is 3.06. The van der Waals surface area contributed by atoms with Crippen LogP contribution in [0.4, 0.5) is 0 Å². The first-order valence-corrected chi connectivity index (χ1v) is 13.1. The maximum absolute atomic E-state index is 13.1. The summed E-state index contributed by atoms with van der Waals surface area (Å²) in [5.41, 5.74) is 3.05. The molecule has 2 aromatic heterocycles. The van der Waals surface area contributed by atoms with Crippen molar-refractivity contribution in [2.75, 3.05) is 19.6 Å². The van der Waals surface area contributed by atoms with Crippen LogP contribution in [0.2, 0.25) is 0 Å². The van der Waals surface area contributed by atoms with E-state index in [1.54, 1.807) is 11.0 Å². The number of amides is 2. The molecule has 1 aliphatic heterocycles. The van der Waals surface area contributed by atoms with E-state index in [2.05, 4.69) is 5.32 Å². The van der Waals surface area contributed by atoms with Gasteiger partial charge < -0.3 is 24.2 Å². The summed E-state index contributed by atoms with van der Waals surface area (Å²) in [6.07, 6.45) is 5.57. The molecule has 1 aromatic carbocycles. The Kier molecular flexibility index (Phi) is 7.04. The van der Waals surface area contributed by atoms with E-state index in [9.17, 15) is 19.2 Å². The standard InChI is InChI=1S/C28H32N2O7/c1-16-19-13-21-18-5-2-3-6-22(18)36-24(21)15-23(19)37-28(35)20(16)14-25(31)30-11-8-17(9-12-30)27(34)29-10-4-7-26(32)33/h13,15,17H,2-12,14H2,1H3,(H,29,34)(H,32,33). The van der Waals surface area contributed by atoms with Gasteiger partial charge in [-0.2, -0.15) is 0 Å². The molecule has 0 unspecified atom stereocenters. The van der Waals surface area contributed by atoms with Gasteiger partial charge in [0.1, 0.15) is 16.9 Å². The number of likely N-dealkylation sites (tertiary alicyclic amines) is 1.